The highest BCUT2D eigenvalue weighted by Gasteiger charge is 2.12. The summed E-state index contributed by atoms with van der Waals surface area (Å²) in [5.41, 5.74) is 3.71. The Kier molecular flexibility index (Phi) is 5.13. The summed E-state index contributed by atoms with van der Waals surface area (Å²) in [4.78, 5) is 4.37. The van der Waals surface area contributed by atoms with Crippen molar-refractivity contribution in [2.45, 2.75) is 25.8 Å². The second-order valence-electron chi connectivity index (χ2n) is 4.91. The number of rotatable bonds is 6. The highest BCUT2D eigenvalue weighted by Crippen LogP contribution is 2.21. The van der Waals surface area contributed by atoms with E-state index < -0.39 is 0 Å². The Labute approximate surface area is 121 Å². The number of nitrogens with one attached hydrogen (secondary N) is 1. The van der Waals surface area contributed by atoms with Crippen LogP contribution in [0.3, 0.4) is 0 Å². The van der Waals surface area contributed by atoms with E-state index in [9.17, 15) is 0 Å². The summed E-state index contributed by atoms with van der Waals surface area (Å²) < 4.78 is 5.18. The molecule has 1 aromatic heterocycles. The molecule has 0 radical (unpaired) electrons. The van der Waals surface area contributed by atoms with Gasteiger partial charge in [0.2, 0.25) is 0 Å². The van der Waals surface area contributed by atoms with Crippen LogP contribution in [0.5, 0.6) is 5.75 Å². The largest absolute Gasteiger partial charge is 0.497 e. The molecule has 106 valence electrons. The quantitative estimate of drug-likeness (QED) is 0.874. The Hall–Kier alpha value is -1.87. The number of hydrogen-bond donors (Lipinski definition) is 1. The molecular formula is C17H22N2O. The zero-order chi connectivity index (χ0) is 14.4. The van der Waals surface area contributed by atoms with Gasteiger partial charge < -0.3 is 10.1 Å². The Morgan fingerprint density at radius 2 is 1.95 bits per heavy atom. The number of methoxy groups -OCH3 is 1. The molecule has 0 saturated carbocycles. The van der Waals surface area contributed by atoms with Crippen LogP contribution >= 0.6 is 0 Å². The fraction of sp³-hybridized carbons (Fsp3) is 0.353. The molecule has 0 aliphatic carbocycles. The SMILES string of the molecule is CNC(CCc1ccc(OC)cc1)c1cccnc1C. The number of aromatic nitrogens is 1. The van der Waals surface area contributed by atoms with Crippen molar-refractivity contribution in [2.75, 3.05) is 14.2 Å². The van der Waals surface area contributed by atoms with Gasteiger partial charge in [-0.2, -0.15) is 0 Å². The van der Waals surface area contributed by atoms with Crippen LogP contribution in [-0.2, 0) is 6.42 Å². The number of benzene rings is 1. The molecular weight excluding hydrogens is 248 g/mol. The fourth-order valence-electron chi connectivity index (χ4n) is 2.42. The van der Waals surface area contributed by atoms with E-state index >= 15 is 0 Å². The maximum Gasteiger partial charge on any atom is 0.118 e. The van der Waals surface area contributed by atoms with Gasteiger partial charge in [-0.25, -0.2) is 0 Å². The lowest BCUT2D eigenvalue weighted by atomic mass is 9.98. The molecule has 3 heteroatoms. The average molecular weight is 270 g/mol. The summed E-state index contributed by atoms with van der Waals surface area (Å²) in [6.07, 6.45) is 3.92. The highest BCUT2D eigenvalue weighted by molar-refractivity contribution is 5.28. The Morgan fingerprint density at radius 1 is 1.20 bits per heavy atom. The third kappa shape index (κ3) is 3.58. The first-order valence-electron chi connectivity index (χ1n) is 6.96. The van der Waals surface area contributed by atoms with Crippen LogP contribution in [0.25, 0.3) is 0 Å². The van der Waals surface area contributed by atoms with Crippen molar-refractivity contribution in [3.05, 3.63) is 59.4 Å². The van der Waals surface area contributed by atoms with Gasteiger partial charge in [0.05, 0.1) is 7.11 Å². The van der Waals surface area contributed by atoms with E-state index in [-0.39, 0.29) is 0 Å². The topological polar surface area (TPSA) is 34.1 Å². The summed E-state index contributed by atoms with van der Waals surface area (Å²) in [6.45, 7) is 2.06. The monoisotopic (exact) mass is 270 g/mol. The average Bonchev–Trinajstić information content (AvgIpc) is 2.50. The van der Waals surface area contributed by atoms with Crippen LogP contribution in [0.1, 0.15) is 29.3 Å². The molecule has 0 fully saturated rings. The highest BCUT2D eigenvalue weighted by atomic mass is 16.5. The smallest absolute Gasteiger partial charge is 0.118 e. The van der Waals surface area contributed by atoms with E-state index in [0.717, 1.165) is 24.3 Å². The molecule has 0 aliphatic rings. The zero-order valence-corrected chi connectivity index (χ0v) is 12.4. The number of pyridine rings is 1. The van der Waals surface area contributed by atoms with Crippen molar-refractivity contribution >= 4 is 0 Å². The minimum Gasteiger partial charge on any atom is -0.497 e. The number of nitrogens with zero attached hydrogens (tertiary/aromatic N) is 1. The first kappa shape index (κ1) is 14.5. The van der Waals surface area contributed by atoms with Crippen molar-refractivity contribution in [3.63, 3.8) is 0 Å². The predicted molar refractivity (Wildman–Crippen MR) is 82.1 cm³/mol. The van der Waals surface area contributed by atoms with Crippen molar-refractivity contribution in [1.82, 2.24) is 10.3 Å². The Bertz CT molecular complexity index is 537. The molecule has 20 heavy (non-hydrogen) atoms. The van der Waals surface area contributed by atoms with Crippen molar-refractivity contribution < 1.29 is 4.74 Å². The predicted octanol–water partition coefficient (Wildman–Crippen LogP) is 3.29. The molecule has 0 aliphatic heterocycles. The minimum absolute atomic E-state index is 0.339. The summed E-state index contributed by atoms with van der Waals surface area (Å²) in [5, 5.41) is 3.39. The lowest BCUT2D eigenvalue weighted by molar-refractivity contribution is 0.414. The van der Waals surface area contributed by atoms with Gasteiger partial charge in [0.15, 0.2) is 0 Å². The van der Waals surface area contributed by atoms with Gasteiger partial charge >= 0.3 is 0 Å². The molecule has 0 bridgehead atoms. The molecule has 0 spiro atoms. The van der Waals surface area contributed by atoms with E-state index in [0.29, 0.717) is 6.04 Å². The molecule has 1 heterocycles. The van der Waals surface area contributed by atoms with Crippen LogP contribution in [-0.4, -0.2) is 19.1 Å². The van der Waals surface area contributed by atoms with Crippen molar-refractivity contribution in [1.29, 1.82) is 0 Å². The lowest BCUT2D eigenvalue weighted by Crippen LogP contribution is -2.18. The molecule has 1 unspecified atom stereocenters. The van der Waals surface area contributed by atoms with Crippen molar-refractivity contribution in [2.24, 2.45) is 0 Å². The molecule has 2 aromatic rings. The second-order valence-corrected chi connectivity index (χ2v) is 4.91. The molecule has 3 nitrogen and oxygen atoms in total. The number of aryl methyl sites for hydroxylation is 2. The van der Waals surface area contributed by atoms with E-state index in [1.54, 1.807) is 7.11 Å². The fourth-order valence-corrected chi connectivity index (χ4v) is 2.42. The van der Waals surface area contributed by atoms with E-state index in [1.807, 2.05) is 31.4 Å². The van der Waals surface area contributed by atoms with E-state index in [2.05, 4.69) is 35.4 Å². The van der Waals surface area contributed by atoms with Gasteiger partial charge in [-0.3, -0.25) is 4.98 Å². The first-order chi connectivity index (χ1) is 9.74. The van der Waals surface area contributed by atoms with Crippen LogP contribution in [0.2, 0.25) is 0 Å². The van der Waals surface area contributed by atoms with E-state index in [4.69, 9.17) is 4.74 Å². The summed E-state index contributed by atoms with van der Waals surface area (Å²) in [7, 11) is 3.70. The van der Waals surface area contributed by atoms with Crippen LogP contribution in [0.15, 0.2) is 42.6 Å². The normalized spacial score (nSPS) is 12.2. The third-order valence-corrected chi connectivity index (χ3v) is 3.65. The lowest BCUT2D eigenvalue weighted by Gasteiger charge is -2.18. The van der Waals surface area contributed by atoms with Gasteiger partial charge in [0, 0.05) is 17.9 Å². The molecule has 0 amide bonds. The van der Waals surface area contributed by atoms with Gasteiger partial charge in [-0.15, -0.1) is 0 Å². The van der Waals surface area contributed by atoms with Crippen LogP contribution < -0.4 is 10.1 Å². The minimum atomic E-state index is 0.339. The molecule has 2 rings (SSSR count). The Morgan fingerprint density at radius 3 is 2.55 bits per heavy atom. The van der Waals surface area contributed by atoms with Crippen LogP contribution in [0, 0.1) is 6.92 Å². The Balaban J connectivity index is 2.02. The van der Waals surface area contributed by atoms with Gasteiger partial charge in [0.25, 0.3) is 0 Å². The van der Waals surface area contributed by atoms with E-state index in [1.165, 1.54) is 11.1 Å². The number of ether oxygens (including phenoxy) is 1. The van der Waals surface area contributed by atoms with Crippen molar-refractivity contribution in [3.8, 4) is 5.75 Å². The molecule has 1 N–H and O–H groups in total. The standard InChI is InChI=1S/C17H22N2O/c1-13-16(5-4-12-19-13)17(18-2)11-8-14-6-9-15(20-3)10-7-14/h4-7,9-10,12,17-18H,8,11H2,1-3H3. The summed E-state index contributed by atoms with van der Waals surface area (Å²) in [6, 6.07) is 12.8. The zero-order valence-electron chi connectivity index (χ0n) is 12.4. The molecule has 0 saturated heterocycles. The maximum atomic E-state index is 5.18. The third-order valence-electron chi connectivity index (χ3n) is 3.65. The second kappa shape index (κ2) is 7.06. The molecule has 1 aromatic carbocycles. The molecule has 1 atom stereocenters. The summed E-state index contributed by atoms with van der Waals surface area (Å²) >= 11 is 0. The van der Waals surface area contributed by atoms with Gasteiger partial charge in [-0.05, 0) is 56.1 Å². The number of hydrogen-bond acceptors (Lipinski definition) is 3. The first-order valence-corrected chi connectivity index (χ1v) is 6.96. The van der Waals surface area contributed by atoms with Gasteiger partial charge in [-0.1, -0.05) is 18.2 Å². The maximum absolute atomic E-state index is 5.18. The van der Waals surface area contributed by atoms with Crippen LogP contribution in [0.4, 0.5) is 0 Å². The van der Waals surface area contributed by atoms with Gasteiger partial charge in [0.1, 0.15) is 5.75 Å². The summed E-state index contributed by atoms with van der Waals surface area (Å²) in [5.74, 6) is 0.905.